The van der Waals surface area contributed by atoms with E-state index in [-0.39, 0.29) is 10.4 Å². The van der Waals surface area contributed by atoms with Crippen molar-refractivity contribution >= 4 is 0 Å². The van der Waals surface area contributed by atoms with Gasteiger partial charge in [-0.05, 0) is 0 Å². The van der Waals surface area contributed by atoms with Gasteiger partial charge in [-0.15, -0.1) is 13.2 Å². The van der Waals surface area contributed by atoms with Crippen LogP contribution in [0.4, 0.5) is 13.2 Å². The maximum atomic E-state index is 12.5. The van der Waals surface area contributed by atoms with Crippen molar-refractivity contribution in [2.45, 2.75) is 6.30 Å². The molecule has 0 aliphatic heterocycles. The molecule has 1 aromatic heterocycles. The molecule has 0 bridgehead atoms. The van der Waals surface area contributed by atoms with E-state index in [4.69, 9.17) is 0 Å². The molecule has 1 heterocycles. The number of halogens is 3. The Morgan fingerprint density at radius 1 is 1.07 bits per heavy atom. The summed E-state index contributed by atoms with van der Waals surface area (Å²) >= 11 is 0. The van der Waals surface area contributed by atoms with E-state index in [0.29, 0.717) is 5.56 Å². The van der Waals surface area contributed by atoms with E-state index in [0.717, 1.165) is 12.4 Å². The van der Waals surface area contributed by atoms with E-state index < -0.39 is 6.30 Å². The predicted octanol–water partition coefficient (Wildman–Crippen LogP) is 3.03. The van der Waals surface area contributed by atoms with Gasteiger partial charge in [0.1, 0.15) is 5.82 Å². The lowest BCUT2D eigenvalue weighted by Gasteiger charge is -2.10. The van der Waals surface area contributed by atoms with Gasteiger partial charge in [0.25, 0.3) is 0 Å². The third-order valence-electron chi connectivity index (χ3n) is 1.95. The molecule has 2 rings (SSSR count). The second-order valence-corrected chi connectivity index (χ2v) is 2.95. The third-order valence-corrected chi connectivity index (χ3v) is 1.95. The van der Waals surface area contributed by atoms with Gasteiger partial charge in [0, 0.05) is 18.0 Å². The molecule has 0 unspecified atom stereocenters. The predicted molar refractivity (Wildman–Crippen MR) is 49.0 cm³/mol. The zero-order chi connectivity index (χ0) is 10.9. The van der Waals surface area contributed by atoms with Crippen molar-refractivity contribution in [2.24, 2.45) is 0 Å². The van der Waals surface area contributed by atoms with Crippen molar-refractivity contribution in [1.82, 2.24) is 9.55 Å². The summed E-state index contributed by atoms with van der Waals surface area (Å²) in [5.41, 5.74) is 0.444. The Hall–Kier alpha value is -1.78. The average Bonchev–Trinajstić information content (AvgIpc) is 2.67. The number of aromatic nitrogens is 2. The number of nitrogens with zero attached hydrogens (tertiary/aromatic N) is 2. The molecule has 78 valence electrons. The minimum atomic E-state index is -4.43. The molecule has 2 nitrogen and oxygen atoms in total. The average molecular weight is 212 g/mol. The number of imidazole rings is 1. The first-order valence-electron chi connectivity index (χ1n) is 4.25. The molecule has 5 heteroatoms. The summed E-state index contributed by atoms with van der Waals surface area (Å²) < 4.78 is 37.7. The van der Waals surface area contributed by atoms with E-state index in [1.807, 2.05) is 0 Å². The van der Waals surface area contributed by atoms with Crippen LogP contribution in [0, 0.1) is 0 Å². The minimum absolute atomic E-state index is 0.0944. The minimum Gasteiger partial charge on any atom is -0.241 e. The van der Waals surface area contributed by atoms with Crippen LogP contribution in [0.5, 0.6) is 0 Å². The first-order chi connectivity index (χ1) is 7.09. The molecule has 0 fully saturated rings. The number of rotatable bonds is 1. The van der Waals surface area contributed by atoms with Crippen LogP contribution in [-0.4, -0.2) is 9.55 Å². The first kappa shape index (κ1) is 9.76. The van der Waals surface area contributed by atoms with Crippen LogP contribution in [0.1, 0.15) is 0 Å². The number of benzene rings is 1. The molecule has 15 heavy (non-hydrogen) atoms. The quantitative estimate of drug-likeness (QED) is 0.710. The van der Waals surface area contributed by atoms with E-state index in [1.165, 1.54) is 0 Å². The molecular weight excluding hydrogens is 205 g/mol. The summed E-state index contributed by atoms with van der Waals surface area (Å²) in [5, 5.41) is 0. The van der Waals surface area contributed by atoms with Gasteiger partial charge in [-0.1, -0.05) is 30.3 Å². The van der Waals surface area contributed by atoms with Crippen LogP contribution in [0.3, 0.4) is 0 Å². The molecule has 0 saturated carbocycles. The van der Waals surface area contributed by atoms with Gasteiger partial charge >= 0.3 is 6.30 Å². The summed E-state index contributed by atoms with van der Waals surface area (Å²) in [6, 6.07) is 8.26. The van der Waals surface area contributed by atoms with Gasteiger partial charge in [-0.25, -0.2) is 9.55 Å². The smallest absolute Gasteiger partial charge is 0.241 e. The van der Waals surface area contributed by atoms with Crippen LogP contribution in [0.15, 0.2) is 42.7 Å². The largest absolute Gasteiger partial charge is 0.490 e. The van der Waals surface area contributed by atoms with Crippen LogP contribution >= 0.6 is 0 Å². The summed E-state index contributed by atoms with van der Waals surface area (Å²) in [7, 11) is 0. The van der Waals surface area contributed by atoms with Crippen molar-refractivity contribution in [2.75, 3.05) is 0 Å². The van der Waals surface area contributed by atoms with Crippen LogP contribution in [-0.2, 0) is 6.30 Å². The topological polar surface area (TPSA) is 17.8 Å². The van der Waals surface area contributed by atoms with Crippen molar-refractivity contribution in [1.29, 1.82) is 0 Å². The van der Waals surface area contributed by atoms with Gasteiger partial charge in [0.05, 0.1) is 0 Å². The Balaban J connectivity index is 2.51. The highest BCUT2D eigenvalue weighted by molar-refractivity contribution is 5.55. The van der Waals surface area contributed by atoms with E-state index in [9.17, 15) is 13.2 Å². The zero-order valence-corrected chi connectivity index (χ0v) is 7.57. The Morgan fingerprint density at radius 2 is 1.73 bits per heavy atom. The second-order valence-electron chi connectivity index (χ2n) is 2.95. The number of hydrogen-bond acceptors (Lipinski definition) is 1. The SMILES string of the molecule is FC(F)(F)n1ccnc1-c1ccccc1. The highest BCUT2D eigenvalue weighted by Gasteiger charge is 2.32. The van der Waals surface area contributed by atoms with Crippen molar-refractivity contribution in [3.05, 3.63) is 42.7 Å². The Labute approximate surface area is 84.0 Å². The van der Waals surface area contributed by atoms with E-state index in [1.54, 1.807) is 30.3 Å². The summed E-state index contributed by atoms with van der Waals surface area (Å²) in [5.74, 6) is -0.0944. The van der Waals surface area contributed by atoms with Crippen LogP contribution < -0.4 is 0 Å². The normalized spacial score (nSPS) is 11.7. The monoisotopic (exact) mass is 212 g/mol. The Kier molecular flexibility index (Phi) is 2.22. The molecule has 0 aliphatic rings. The van der Waals surface area contributed by atoms with E-state index in [2.05, 4.69) is 4.98 Å². The zero-order valence-electron chi connectivity index (χ0n) is 7.57. The van der Waals surface area contributed by atoms with Crippen molar-refractivity contribution < 1.29 is 13.2 Å². The molecular formula is C10H7F3N2. The van der Waals surface area contributed by atoms with Crippen LogP contribution in [0.2, 0.25) is 0 Å². The Morgan fingerprint density at radius 3 is 2.33 bits per heavy atom. The first-order valence-corrected chi connectivity index (χ1v) is 4.25. The fraction of sp³-hybridized carbons (Fsp3) is 0.100. The van der Waals surface area contributed by atoms with Gasteiger partial charge in [0.15, 0.2) is 0 Å². The Bertz CT molecular complexity index is 445. The highest BCUT2D eigenvalue weighted by atomic mass is 19.4. The standard InChI is InChI=1S/C10H7F3N2/c11-10(12,13)15-7-6-14-9(15)8-4-2-1-3-5-8/h1-7H. The number of alkyl halides is 3. The molecule has 0 aliphatic carbocycles. The second kappa shape index (κ2) is 3.42. The molecule has 1 aromatic carbocycles. The lowest BCUT2D eigenvalue weighted by atomic mass is 10.2. The molecule has 2 aromatic rings. The third kappa shape index (κ3) is 1.86. The van der Waals surface area contributed by atoms with Crippen molar-refractivity contribution in [3.8, 4) is 11.4 Å². The highest BCUT2D eigenvalue weighted by Crippen LogP contribution is 2.28. The molecule has 0 N–H and O–H groups in total. The summed E-state index contributed by atoms with van der Waals surface area (Å²) in [4.78, 5) is 3.70. The molecule has 0 atom stereocenters. The maximum Gasteiger partial charge on any atom is 0.490 e. The summed E-state index contributed by atoms with van der Waals surface area (Å²) in [6.07, 6.45) is -2.39. The van der Waals surface area contributed by atoms with Gasteiger partial charge in [-0.3, -0.25) is 0 Å². The lowest BCUT2D eigenvalue weighted by Crippen LogP contribution is -2.16. The molecule has 0 radical (unpaired) electrons. The van der Waals surface area contributed by atoms with E-state index >= 15 is 0 Å². The molecule has 0 amide bonds. The fourth-order valence-electron chi connectivity index (χ4n) is 1.31. The van der Waals surface area contributed by atoms with Gasteiger partial charge in [-0.2, -0.15) is 0 Å². The fourth-order valence-corrected chi connectivity index (χ4v) is 1.31. The summed E-state index contributed by atoms with van der Waals surface area (Å²) in [6.45, 7) is 0. The van der Waals surface area contributed by atoms with Crippen LogP contribution in [0.25, 0.3) is 11.4 Å². The maximum absolute atomic E-state index is 12.5. The molecule has 0 spiro atoms. The van der Waals surface area contributed by atoms with Gasteiger partial charge in [0.2, 0.25) is 0 Å². The van der Waals surface area contributed by atoms with Gasteiger partial charge < -0.3 is 0 Å². The number of hydrogen-bond donors (Lipinski definition) is 0. The lowest BCUT2D eigenvalue weighted by molar-refractivity contribution is -0.202. The van der Waals surface area contributed by atoms with Crippen molar-refractivity contribution in [3.63, 3.8) is 0 Å². The molecule has 0 saturated heterocycles.